The molecule has 3 heterocycles. The van der Waals surface area contributed by atoms with Crippen molar-refractivity contribution in [3.8, 4) is 0 Å². The Morgan fingerprint density at radius 2 is 1.86 bits per heavy atom. The van der Waals surface area contributed by atoms with Gasteiger partial charge < -0.3 is 9.80 Å². The lowest BCUT2D eigenvalue weighted by Gasteiger charge is -2.40. The van der Waals surface area contributed by atoms with Gasteiger partial charge in [0.05, 0.1) is 5.92 Å². The molecule has 2 aliphatic rings. The second-order valence-electron chi connectivity index (χ2n) is 8.24. The molecular formula is C23H28N4O2. The zero-order chi connectivity index (χ0) is 20.4. The van der Waals surface area contributed by atoms with Crippen molar-refractivity contribution in [2.75, 3.05) is 26.7 Å². The number of carbonyl (C=O) groups is 2. The minimum atomic E-state index is -0.192. The van der Waals surface area contributed by atoms with Crippen LogP contribution in [0.4, 0.5) is 0 Å². The molecule has 2 aromatic rings. The van der Waals surface area contributed by atoms with Gasteiger partial charge in [0, 0.05) is 51.7 Å². The number of likely N-dealkylation sites (N-methyl/N-ethyl adjacent to an activating group) is 1. The van der Waals surface area contributed by atoms with E-state index in [0.717, 1.165) is 25.1 Å². The number of fused-ring (bicyclic) bond motifs is 1. The van der Waals surface area contributed by atoms with Gasteiger partial charge in [-0.2, -0.15) is 0 Å². The Morgan fingerprint density at radius 1 is 1.07 bits per heavy atom. The molecule has 0 unspecified atom stereocenters. The molecule has 6 nitrogen and oxygen atoms in total. The first-order valence-electron chi connectivity index (χ1n) is 10.2. The van der Waals surface area contributed by atoms with E-state index in [1.165, 1.54) is 11.1 Å². The molecule has 4 rings (SSSR count). The van der Waals surface area contributed by atoms with Gasteiger partial charge in [0.25, 0.3) is 0 Å². The highest BCUT2D eigenvalue weighted by Crippen LogP contribution is 2.28. The van der Waals surface area contributed by atoms with Crippen molar-refractivity contribution in [2.45, 2.75) is 32.5 Å². The van der Waals surface area contributed by atoms with Crippen LogP contribution in [0.2, 0.25) is 0 Å². The highest BCUT2D eigenvalue weighted by Gasteiger charge is 2.43. The Kier molecular flexibility index (Phi) is 5.62. The van der Waals surface area contributed by atoms with Crippen LogP contribution in [-0.2, 0) is 22.7 Å². The predicted molar refractivity (Wildman–Crippen MR) is 111 cm³/mol. The number of nitrogens with zero attached hydrogens (tertiary/aromatic N) is 4. The summed E-state index contributed by atoms with van der Waals surface area (Å²) >= 11 is 0. The van der Waals surface area contributed by atoms with Crippen molar-refractivity contribution in [3.05, 3.63) is 65.5 Å². The fourth-order valence-corrected chi connectivity index (χ4v) is 4.43. The summed E-state index contributed by atoms with van der Waals surface area (Å²) in [6.07, 6.45) is 4.30. The van der Waals surface area contributed by atoms with E-state index in [0.29, 0.717) is 13.1 Å². The maximum atomic E-state index is 13.4. The Hall–Kier alpha value is -2.73. The van der Waals surface area contributed by atoms with Crippen LogP contribution in [0.25, 0.3) is 0 Å². The van der Waals surface area contributed by atoms with Gasteiger partial charge in [0.15, 0.2) is 0 Å². The standard InChI is InChI=1S/C23H28N4O2/c1-17-5-7-18(8-6-17)13-26-11-9-21-20(15-26)23(29)27(16-22(28)25(21)2)14-19-4-3-10-24-12-19/h3-8,10,12,20-21H,9,11,13-16H2,1-2H3/t20-,21+/m0/s1. The number of likely N-dealkylation sites (tertiary alicyclic amines) is 1. The van der Waals surface area contributed by atoms with Gasteiger partial charge >= 0.3 is 0 Å². The molecule has 0 saturated carbocycles. The molecule has 152 valence electrons. The van der Waals surface area contributed by atoms with Crippen LogP contribution in [0, 0.1) is 12.8 Å². The van der Waals surface area contributed by atoms with Crippen molar-refractivity contribution in [1.29, 1.82) is 0 Å². The first-order valence-corrected chi connectivity index (χ1v) is 10.2. The molecule has 0 N–H and O–H groups in total. The summed E-state index contributed by atoms with van der Waals surface area (Å²) in [5.74, 6) is -0.103. The number of aryl methyl sites for hydroxylation is 1. The molecule has 0 radical (unpaired) electrons. The van der Waals surface area contributed by atoms with E-state index < -0.39 is 0 Å². The van der Waals surface area contributed by atoms with Gasteiger partial charge in [-0.25, -0.2) is 0 Å². The third-order valence-electron chi connectivity index (χ3n) is 6.13. The van der Waals surface area contributed by atoms with Crippen molar-refractivity contribution in [1.82, 2.24) is 19.7 Å². The summed E-state index contributed by atoms with van der Waals surface area (Å²) in [6.45, 7) is 5.05. The Balaban J connectivity index is 1.52. The van der Waals surface area contributed by atoms with E-state index in [-0.39, 0.29) is 30.3 Å². The molecule has 6 heteroatoms. The van der Waals surface area contributed by atoms with Crippen LogP contribution in [0.1, 0.15) is 23.1 Å². The highest BCUT2D eigenvalue weighted by molar-refractivity contribution is 5.89. The van der Waals surface area contributed by atoms with Crippen LogP contribution >= 0.6 is 0 Å². The molecule has 1 aromatic carbocycles. The molecule has 29 heavy (non-hydrogen) atoms. The smallest absolute Gasteiger partial charge is 0.242 e. The number of hydrogen-bond donors (Lipinski definition) is 0. The fourth-order valence-electron chi connectivity index (χ4n) is 4.43. The Morgan fingerprint density at radius 3 is 2.59 bits per heavy atom. The Bertz CT molecular complexity index is 868. The van der Waals surface area contributed by atoms with Crippen LogP contribution < -0.4 is 0 Å². The summed E-state index contributed by atoms with van der Waals surface area (Å²) in [5, 5.41) is 0. The van der Waals surface area contributed by atoms with Crippen LogP contribution in [-0.4, -0.2) is 64.2 Å². The zero-order valence-corrected chi connectivity index (χ0v) is 17.1. The van der Waals surface area contributed by atoms with Crippen molar-refractivity contribution >= 4 is 11.8 Å². The fraction of sp³-hybridized carbons (Fsp3) is 0.435. The van der Waals surface area contributed by atoms with Crippen molar-refractivity contribution < 1.29 is 9.59 Å². The summed E-state index contributed by atoms with van der Waals surface area (Å²) in [4.78, 5) is 36.1. The maximum absolute atomic E-state index is 13.4. The van der Waals surface area contributed by atoms with Crippen molar-refractivity contribution in [3.63, 3.8) is 0 Å². The van der Waals surface area contributed by atoms with E-state index in [9.17, 15) is 9.59 Å². The number of carbonyl (C=O) groups excluding carboxylic acids is 2. The number of rotatable bonds is 4. The largest absolute Gasteiger partial charge is 0.340 e. The lowest BCUT2D eigenvalue weighted by atomic mass is 9.90. The lowest BCUT2D eigenvalue weighted by molar-refractivity contribution is -0.138. The number of piperidine rings is 1. The average molecular weight is 393 g/mol. The van der Waals surface area contributed by atoms with E-state index in [2.05, 4.69) is 41.1 Å². The maximum Gasteiger partial charge on any atom is 0.242 e. The number of benzene rings is 1. The van der Waals surface area contributed by atoms with Crippen LogP contribution in [0.3, 0.4) is 0 Å². The number of hydrogen-bond acceptors (Lipinski definition) is 4. The monoisotopic (exact) mass is 392 g/mol. The molecule has 2 saturated heterocycles. The molecule has 1 aromatic heterocycles. The van der Waals surface area contributed by atoms with Crippen LogP contribution in [0.5, 0.6) is 0 Å². The minimum Gasteiger partial charge on any atom is -0.340 e. The van der Waals surface area contributed by atoms with Crippen molar-refractivity contribution in [2.24, 2.45) is 5.92 Å². The highest BCUT2D eigenvalue weighted by atomic mass is 16.2. The van der Waals surface area contributed by atoms with Gasteiger partial charge in [-0.05, 0) is 30.5 Å². The van der Waals surface area contributed by atoms with Gasteiger partial charge in [-0.1, -0.05) is 35.9 Å². The SMILES string of the molecule is Cc1ccc(CN2CC[C@@H]3[C@H](C2)C(=O)N(Cc2cccnc2)CC(=O)N3C)cc1. The molecule has 2 amide bonds. The molecule has 2 aliphatic heterocycles. The summed E-state index contributed by atoms with van der Waals surface area (Å²) in [5.41, 5.74) is 3.45. The third kappa shape index (κ3) is 4.32. The lowest BCUT2D eigenvalue weighted by Crippen LogP contribution is -2.53. The van der Waals surface area contributed by atoms with E-state index in [1.54, 1.807) is 22.2 Å². The molecule has 2 atom stereocenters. The second kappa shape index (κ2) is 8.33. The predicted octanol–water partition coefficient (Wildman–Crippen LogP) is 2.08. The normalized spacial score (nSPS) is 23.1. The van der Waals surface area contributed by atoms with Gasteiger partial charge in [-0.3, -0.25) is 19.5 Å². The first-order chi connectivity index (χ1) is 14.0. The van der Waals surface area contributed by atoms with E-state index in [1.807, 2.05) is 19.2 Å². The van der Waals surface area contributed by atoms with Gasteiger partial charge in [0.2, 0.25) is 11.8 Å². The molecule has 0 spiro atoms. The minimum absolute atomic E-state index is 0.0155. The Labute approximate surface area is 172 Å². The van der Waals surface area contributed by atoms with Gasteiger partial charge in [0.1, 0.15) is 6.54 Å². The number of pyridine rings is 1. The number of amides is 2. The topological polar surface area (TPSA) is 56.8 Å². The summed E-state index contributed by atoms with van der Waals surface area (Å²) < 4.78 is 0. The van der Waals surface area contributed by atoms with E-state index in [4.69, 9.17) is 0 Å². The summed E-state index contributed by atoms with van der Waals surface area (Å²) in [6, 6.07) is 12.3. The third-order valence-corrected chi connectivity index (χ3v) is 6.13. The van der Waals surface area contributed by atoms with E-state index >= 15 is 0 Å². The zero-order valence-electron chi connectivity index (χ0n) is 17.1. The van der Waals surface area contributed by atoms with Gasteiger partial charge in [-0.15, -0.1) is 0 Å². The molecule has 2 fully saturated rings. The number of aromatic nitrogens is 1. The molecule has 0 bridgehead atoms. The quantitative estimate of drug-likeness (QED) is 0.800. The molecular weight excluding hydrogens is 364 g/mol. The van der Waals surface area contributed by atoms with Crippen LogP contribution in [0.15, 0.2) is 48.8 Å². The summed E-state index contributed by atoms with van der Waals surface area (Å²) in [7, 11) is 1.84. The molecule has 0 aliphatic carbocycles. The second-order valence-corrected chi connectivity index (χ2v) is 8.24. The first kappa shape index (κ1) is 19.6. The average Bonchev–Trinajstić information content (AvgIpc) is 2.82.